The van der Waals surface area contributed by atoms with Gasteiger partial charge in [0.1, 0.15) is 0 Å². The maximum atomic E-state index is 5.74. The topological polar surface area (TPSA) is 21.7 Å². The lowest BCUT2D eigenvalue weighted by Gasteiger charge is -2.34. The van der Waals surface area contributed by atoms with Crippen LogP contribution in [0.1, 0.15) is 5.56 Å². The van der Waals surface area contributed by atoms with Crippen LogP contribution in [-0.2, 0) is 0 Å². The Labute approximate surface area is 249 Å². The molecule has 0 spiro atoms. The van der Waals surface area contributed by atoms with E-state index >= 15 is 0 Å². The van der Waals surface area contributed by atoms with Crippen LogP contribution >= 0.6 is 8.07 Å². The molecule has 0 radical (unpaired) electrons. The van der Waals surface area contributed by atoms with E-state index in [0.29, 0.717) is 5.75 Å². The summed E-state index contributed by atoms with van der Waals surface area (Å²) in [4.78, 5) is 11.4. The van der Waals surface area contributed by atoms with Crippen molar-refractivity contribution in [3.63, 3.8) is 0 Å². The number of benzene rings is 6. The maximum absolute atomic E-state index is 5.74. The molecule has 0 aromatic heterocycles. The first-order valence-electron chi connectivity index (χ1n) is 14.0. The summed E-state index contributed by atoms with van der Waals surface area (Å²) in [5.74, 6) is 1.47. The van der Waals surface area contributed by atoms with E-state index < -0.39 is 8.07 Å². The first-order valence-corrected chi connectivity index (χ1v) is 15.8. The predicted molar refractivity (Wildman–Crippen MR) is 177 cm³/mol. The van der Waals surface area contributed by atoms with E-state index in [4.69, 9.17) is 9.78 Å². The Morgan fingerprint density at radius 3 is 1.69 bits per heavy atom. The summed E-state index contributed by atoms with van der Waals surface area (Å²) in [5, 5.41) is 1.14. The quantitative estimate of drug-likeness (QED) is 0.157. The van der Waals surface area contributed by atoms with E-state index in [1.54, 1.807) is 0 Å². The smallest absolute Gasteiger partial charge is 0.202 e. The first-order chi connectivity index (χ1) is 20.7. The molecule has 1 aliphatic heterocycles. The highest BCUT2D eigenvalue weighted by Gasteiger charge is 2.27. The lowest BCUT2D eigenvalue weighted by molar-refractivity contribution is -0.0984. The third kappa shape index (κ3) is 6.07. The van der Waals surface area contributed by atoms with E-state index in [-0.39, 0.29) is 0 Å². The monoisotopic (exact) mass is 565 g/mol. The molecule has 1 atom stereocenters. The molecule has 1 aliphatic rings. The van der Waals surface area contributed by atoms with Gasteiger partial charge in [-0.2, -0.15) is 0 Å². The molecule has 1 unspecified atom stereocenters. The van der Waals surface area contributed by atoms with Gasteiger partial charge >= 0.3 is 0 Å². The standard InChI is InChI=1S/C25H20NO2P.C13H12/c1-29-25-17-8-7-16-24(25)28-27-23-15-6-5-14-22(23)26(29)21-13-9-12-20(18-21)19-10-3-2-4-11-19;1-11-6-5-9-13(10-11)12-7-3-2-4-8-12/h2-18H,1H3;2-10H,1H3. The van der Waals surface area contributed by atoms with Crippen LogP contribution in [-0.4, -0.2) is 6.66 Å². The molecule has 0 bridgehead atoms. The molecule has 0 saturated carbocycles. The molecular formula is C38H32NO2P. The van der Waals surface area contributed by atoms with Gasteiger partial charge < -0.3 is 4.67 Å². The molecule has 7 rings (SSSR count). The number of hydrogen-bond donors (Lipinski definition) is 0. The number of hydrogen-bond acceptors (Lipinski definition) is 3. The van der Waals surface area contributed by atoms with Crippen molar-refractivity contribution < 1.29 is 9.78 Å². The Hall–Kier alpha value is -4.85. The van der Waals surface area contributed by atoms with Gasteiger partial charge in [-0.25, -0.2) is 0 Å². The second-order valence-corrected chi connectivity index (χ2v) is 12.0. The first kappa shape index (κ1) is 27.3. The van der Waals surface area contributed by atoms with Crippen LogP contribution in [0.15, 0.2) is 158 Å². The van der Waals surface area contributed by atoms with Crippen molar-refractivity contribution >= 4 is 24.8 Å². The molecule has 42 heavy (non-hydrogen) atoms. The maximum Gasteiger partial charge on any atom is 0.202 e. The van der Waals surface area contributed by atoms with E-state index in [9.17, 15) is 0 Å². The fourth-order valence-corrected chi connectivity index (χ4v) is 6.98. The second-order valence-electron chi connectivity index (χ2n) is 10.1. The average molecular weight is 566 g/mol. The van der Waals surface area contributed by atoms with E-state index in [1.807, 2.05) is 48.5 Å². The Morgan fingerprint density at radius 2 is 1.00 bits per heavy atom. The summed E-state index contributed by atoms with van der Waals surface area (Å²) < 4.78 is 2.37. The van der Waals surface area contributed by atoms with Crippen LogP contribution in [0.5, 0.6) is 11.5 Å². The number of aryl methyl sites for hydroxylation is 1. The molecule has 0 amide bonds. The van der Waals surface area contributed by atoms with Crippen molar-refractivity contribution in [2.45, 2.75) is 6.92 Å². The van der Waals surface area contributed by atoms with E-state index in [0.717, 1.165) is 22.4 Å². The lowest BCUT2D eigenvalue weighted by atomic mass is 10.0. The summed E-state index contributed by atoms with van der Waals surface area (Å²) in [6.07, 6.45) is 0. The molecule has 0 aliphatic carbocycles. The minimum Gasteiger partial charge on any atom is -0.312 e. The molecule has 0 fully saturated rings. The number of nitrogens with zero attached hydrogens (tertiary/aromatic N) is 1. The Kier molecular flexibility index (Phi) is 8.31. The average Bonchev–Trinajstić information content (AvgIpc) is 3.05. The van der Waals surface area contributed by atoms with Crippen molar-refractivity contribution in [3.8, 4) is 33.8 Å². The summed E-state index contributed by atoms with van der Waals surface area (Å²) in [7, 11) is -0.730. The van der Waals surface area contributed by atoms with Crippen LogP contribution in [0, 0.1) is 6.92 Å². The largest absolute Gasteiger partial charge is 0.312 e. The molecule has 0 saturated heterocycles. The zero-order chi connectivity index (χ0) is 28.7. The zero-order valence-electron chi connectivity index (χ0n) is 23.7. The van der Waals surface area contributed by atoms with Gasteiger partial charge in [0.05, 0.1) is 5.69 Å². The Morgan fingerprint density at radius 1 is 0.476 bits per heavy atom. The van der Waals surface area contributed by atoms with Crippen LogP contribution in [0.25, 0.3) is 22.3 Å². The van der Waals surface area contributed by atoms with Crippen LogP contribution < -0.4 is 19.8 Å². The highest BCUT2D eigenvalue weighted by Crippen LogP contribution is 2.52. The normalized spacial score (nSPS) is 13.6. The van der Waals surface area contributed by atoms with Gasteiger partial charge in [0.25, 0.3) is 0 Å². The number of para-hydroxylation sites is 3. The highest BCUT2D eigenvalue weighted by molar-refractivity contribution is 7.67. The van der Waals surface area contributed by atoms with Gasteiger partial charge in [-0.3, -0.25) is 9.78 Å². The van der Waals surface area contributed by atoms with Crippen LogP contribution in [0.3, 0.4) is 0 Å². The van der Waals surface area contributed by atoms with Crippen molar-refractivity contribution in [2.75, 3.05) is 11.3 Å². The van der Waals surface area contributed by atoms with Crippen molar-refractivity contribution in [1.82, 2.24) is 0 Å². The van der Waals surface area contributed by atoms with E-state index in [2.05, 4.69) is 127 Å². The predicted octanol–water partition coefficient (Wildman–Crippen LogP) is 10.2. The van der Waals surface area contributed by atoms with Gasteiger partial charge in [0.2, 0.25) is 5.75 Å². The summed E-state index contributed by atoms with van der Waals surface area (Å²) in [6, 6.07) is 54.3. The molecule has 3 nitrogen and oxygen atoms in total. The zero-order valence-corrected chi connectivity index (χ0v) is 24.6. The third-order valence-corrected chi connectivity index (χ3v) is 9.26. The molecule has 6 aromatic rings. The molecule has 206 valence electrons. The molecule has 6 aromatic carbocycles. The van der Waals surface area contributed by atoms with Gasteiger partial charge in [-0.05, 0) is 72.2 Å². The van der Waals surface area contributed by atoms with E-state index in [1.165, 1.54) is 27.8 Å². The fraction of sp³-hybridized carbons (Fsp3) is 0.0526. The van der Waals surface area contributed by atoms with Crippen LogP contribution in [0.4, 0.5) is 11.4 Å². The number of anilines is 2. The Balaban J connectivity index is 0.000000203. The third-order valence-electron chi connectivity index (χ3n) is 7.15. The minimum atomic E-state index is -0.730. The molecular weight excluding hydrogens is 533 g/mol. The van der Waals surface area contributed by atoms with Crippen LogP contribution in [0.2, 0.25) is 0 Å². The molecule has 0 N–H and O–H groups in total. The van der Waals surface area contributed by atoms with Crippen molar-refractivity contribution in [3.05, 3.63) is 163 Å². The van der Waals surface area contributed by atoms with Gasteiger partial charge in [0.15, 0.2) is 5.75 Å². The SMILES string of the molecule is CP1c2ccccc2OOc2ccccc2N1c1cccc(-c2ccccc2)c1.Cc1cccc(-c2ccccc2)c1. The second kappa shape index (κ2) is 12.8. The van der Waals surface area contributed by atoms with Gasteiger partial charge in [-0.15, -0.1) is 0 Å². The van der Waals surface area contributed by atoms with Crippen molar-refractivity contribution in [2.24, 2.45) is 0 Å². The summed E-state index contributed by atoms with van der Waals surface area (Å²) >= 11 is 0. The minimum absolute atomic E-state index is 0.710. The Bertz CT molecular complexity index is 1770. The molecule has 4 heteroatoms. The van der Waals surface area contributed by atoms with Crippen molar-refractivity contribution in [1.29, 1.82) is 0 Å². The van der Waals surface area contributed by atoms with Gasteiger partial charge in [0, 0.05) is 19.1 Å². The summed E-state index contributed by atoms with van der Waals surface area (Å²) in [5.41, 5.74) is 8.41. The lowest BCUT2D eigenvalue weighted by Crippen LogP contribution is -2.23. The molecule has 1 heterocycles. The summed E-state index contributed by atoms with van der Waals surface area (Å²) in [6.45, 7) is 4.38. The number of rotatable bonds is 3. The fourth-order valence-electron chi connectivity index (χ4n) is 5.07. The van der Waals surface area contributed by atoms with Gasteiger partial charge in [-0.1, -0.05) is 127 Å². The number of fused-ring (bicyclic) bond motifs is 2. The highest BCUT2D eigenvalue weighted by atomic mass is 31.1.